The maximum atomic E-state index is 13.4. The van der Waals surface area contributed by atoms with Gasteiger partial charge in [-0.3, -0.25) is 9.69 Å². The normalized spacial score (nSPS) is 28.2. The molecule has 0 radical (unpaired) electrons. The molecule has 2 atom stereocenters. The summed E-state index contributed by atoms with van der Waals surface area (Å²) in [6, 6.07) is -1.20. The van der Waals surface area contributed by atoms with Gasteiger partial charge < -0.3 is 14.7 Å². The van der Waals surface area contributed by atoms with Gasteiger partial charge in [0, 0.05) is 24.4 Å². The highest BCUT2D eigenvalue weighted by Gasteiger charge is 2.47. The Balaban J connectivity index is 2.29. The van der Waals surface area contributed by atoms with E-state index in [9.17, 15) is 19.5 Å². The summed E-state index contributed by atoms with van der Waals surface area (Å²) in [5.41, 5.74) is -1.28. The first-order valence-corrected chi connectivity index (χ1v) is 10.8. The van der Waals surface area contributed by atoms with Crippen LogP contribution in [0.4, 0.5) is 4.79 Å². The Bertz CT molecular complexity index is 626. The average Bonchev–Trinajstić information content (AvgIpc) is 3.00. The predicted octanol–water partition coefficient (Wildman–Crippen LogP) is 3.90. The second-order valence-corrected chi connectivity index (χ2v) is 10.8. The number of ether oxygens (including phenoxy) is 1. The van der Waals surface area contributed by atoms with Crippen LogP contribution >= 0.6 is 0 Å². The average molecular weight is 411 g/mol. The number of amides is 2. The molecule has 166 valence electrons. The molecule has 1 heterocycles. The Morgan fingerprint density at radius 3 is 1.97 bits per heavy atom. The molecule has 0 aromatic carbocycles. The Kier molecular flexibility index (Phi) is 6.90. The van der Waals surface area contributed by atoms with Crippen LogP contribution in [0.1, 0.15) is 80.6 Å². The molecule has 0 spiro atoms. The minimum absolute atomic E-state index is 0.0252. The van der Waals surface area contributed by atoms with Crippen LogP contribution in [0.5, 0.6) is 0 Å². The van der Waals surface area contributed by atoms with Crippen LogP contribution in [0.2, 0.25) is 0 Å². The van der Waals surface area contributed by atoms with Gasteiger partial charge in [0.1, 0.15) is 11.6 Å². The zero-order valence-electron chi connectivity index (χ0n) is 19.0. The van der Waals surface area contributed by atoms with Crippen LogP contribution < -0.4 is 0 Å². The number of likely N-dealkylation sites (tertiary alicyclic amines) is 1. The van der Waals surface area contributed by atoms with Crippen molar-refractivity contribution in [3.63, 3.8) is 0 Å². The topological polar surface area (TPSA) is 87.2 Å². The molecule has 1 aliphatic carbocycles. The molecular weight excluding hydrogens is 372 g/mol. The number of carbonyl (C=O) groups excluding carboxylic acids is 2. The molecule has 2 rings (SSSR count). The van der Waals surface area contributed by atoms with E-state index in [0.717, 1.165) is 25.7 Å². The number of rotatable bonds is 3. The zero-order chi connectivity index (χ0) is 22.1. The van der Waals surface area contributed by atoms with E-state index in [1.54, 1.807) is 20.8 Å². The lowest BCUT2D eigenvalue weighted by molar-refractivity contribution is -0.146. The summed E-state index contributed by atoms with van der Waals surface area (Å²) < 4.78 is 5.44. The molecule has 2 fully saturated rings. The highest BCUT2D eigenvalue weighted by Crippen LogP contribution is 2.35. The molecule has 1 saturated heterocycles. The Labute approximate surface area is 174 Å². The summed E-state index contributed by atoms with van der Waals surface area (Å²) in [7, 11) is 0. The van der Waals surface area contributed by atoms with Crippen LogP contribution in [0, 0.1) is 11.3 Å². The first-order chi connectivity index (χ1) is 13.2. The summed E-state index contributed by atoms with van der Waals surface area (Å²) >= 11 is 0. The number of hydrogen-bond donors (Lipinski definition) is 1. The van der Waals surface area contributed by atoms with Gasteiger partial charge in [0.2, 0.25) is 5.91 Å². The molecule has 1 aliphatic heterocycles. The van der Waals surface area contributed by atoms with E-state index in [0.29, 0.717) is 5.92 Å². The summed E-state index contributed by atoms with van der Waals surface area (Å²) in [6.07, 6.45) is 3.57. The molecule has 1 N–H and O–H groups in total. The van der Waals surface area contributed by atoms with Crippen molar-refractivity contribution >= 4 is 18.0 Å². The number of carboxylic acid groups (broad SMARTS) is 1. The fourth-order valence-electron chi connectivity index (χ4n) is 4.31. The maximum Gasteiger partial charge on any atom is 0.411 e. The molecule has 0 bridgehead atoms. The number of hydrogen-bond acceptors (Lipinski definition) is 4. The summed E-state index contributed by atoms with van der Waals surface area (Å²) in [5, 5.41) is 9.72. The summed E-state index contributed by atoms with van der Waals surface area (Å²) in [4.78, 5) is 41.1. The number of aliphatic carboxylic acids is 1. The van der Waals surface area contributed by atoms with Gasteiger partial charge in [-0.15, -0.1) is 0 Å². The van der Waals surface area contributed by atoms with Crippen molar-refractivity contribution in [2.24, 2.45) is 11.3 Å². The minimum Gasteiger partial charge on any atom is -0.480 e. The summed E-state index contributed by atoms with van der Waals surface area (Å²) in [6.45, 7) is 13.4. The van der Waals surface area contributed by atoms with Crippen molar-refractivity contribution in [1.82, 2.24) is 9.80 Å². The smallest absolute Gasteiger partial charge is 0.411 e. The number of carboxylic acids is 1. The van der Waals surface area contributed by atoms with Crippen LogP contribution in [0.25, 0.3) is 0 Å². The van der Waals surface area contributed by atoms with E-state index in [2.05, 4.69) is 6.92 Å². The second kappa shape index (κ2) is 8.52. The Morgan fingerprint density at radius 1 is 0.966 bits per heavy atom. The number of nitrogens with zero attached hydrogens (tertiary/aromatic N) is 2. The standard InChI is InChI=1S/C22H38N2O5/c1-14-8-10-15(11-9-14)24(19(27)21(2,3)4)16-12-17(18(25)26)23(13-16)20(28)29-22(5,6)7/h14-17H,8-13H2,1-7H3,(H,25,26)/t14-,15+,16?,17-/m0/s1. The lowest BCUT2D eigenvalue weighted by atomic mass is 9.84. The molecule has 2 aliphatic rings. The molecule has 7 heteroatoms. The molecular formula is C22H38N2O5. The lowest BCUT2D eigenvalue weighted by Gasteiger charge is -2.42. The van der Waals surface area contributed by atoms with Crippen LogP contribution in [0.3, 0.4) is 0 Å². The van der Waals surface area contributed by atoms with Crippen molar-refractivity contribution in [1.29, 1.82) is 0 Å². The highest BCUT2D eigenvalue weighted by atomic mass is 16.6. The second-order valence-electron chi connectivity index (χ2n) is 10.8. The quantitative estimate of drug-likeness (QED) is 0.762. The molecule has 0 aromatic heterocycles. The molecule has 0 aromatic rings. The SMILES string of the molecule is CC(C)(C)OC(=O)N1CC(N(C(=O)C(C)(C)C)[C@H]2CC[C@@H](C)CC2)C[C@H]1C(=O)O. The van der Waals surface area contributed by atoms with Gasteiger partial charge in [-0.1, -0.05) is 27.7 Å². The number of carbonyl (C=O) groups is 3. The Morgan fingerprint density at radius 2 is 1.52 bits per heavy atom. The van der Waals surface area contributed by atoms with Gasteiger partial charge in [0.25, 0.3) is 0 Å². The van der Waals surface area contributed by atoms with Gasteiger partial charge in [0.05, 0.1) is 6.04 Å². The van der Waals surface area contributed by atoms with Crippen molar-refractivity contribution in [2.45, 2.75) is 104 Å². The largest absolute Gasteiger partial charge is 0.480 e. The van der Waals surface area contributed by atoms with Crippen LogP contribution in [0.15, 0.2) is 0 Å². The molecule has 1 saturated carbocycles. The van der Waals surface area contributed by atoms with Crippen molar-refractivity contribution in [3.05, 3.63) is 0 Å². The van der Waals surface area contributed by atoms with Crippen molar-refractivity contribution in [3.8, 4) is 0 Å². The van der Waals surface area contributed by atoms with E-state index in [4.69, 9.17) is 4.74 Å². The molecule has 2 amide bonds. The van der Waals surface area contributed by atoms with E-state index < -0.39 is 29.1 Å². The van der Waals surface area contributed by atoms with Crippen molar-refractivity contribution in [2.75, 3.05) is 6.54 Å². The fraction of sp³-hybridized carbons (Fsp3) is 0.864. The molecule has 29 heavy (non-hydrogen) atoms. The van der Waals surface area contributed by atoms with Gasteiger partial charge >= 0.3 is 12.1 Å². The molecule has 7 nitrogen and oxygen atoms in total. The van der Waals surface area contributed by atoms with Crippen LogP contribution in [-0.4, -0.2) is 63.1 Å². The minimum atomic E-state index is -1.06. The van der Waals surface area contributed by atoms with E-state index in [1.807, 2.05) is 25.7 Å². The summed E-state index contributed by atoms with van der Waals surface area (Å²) in [5.74, 6) is -0.387. The van der Waals surface area contributed by atoms with E-state index in [1.165, 1.54) is 4.90 Å². The third-order valence-corrected chi connectivity index (χ3v) is 5.84. The maximum absolute atomic E-state index is 13.4. The Hall–Kier alpha value is -1.79. The highest BCUT2D eigenvalue weighted by molar-refractivity contribution is 5.84. The van der Waals surface area contributed by atoms with Gasteiger partial charge in [-0.2, -0.15) is 0 Å². The first-order valence-electron chi connectivity index (χ1n) is 10.8. The third kappa shape index (κ3) is 5.86. The van der Waals surface area contributed by atoms with Crippen LogP contribution in [-0.2, 0) is 14.3 Å². The predicted molar refractivity (Wildman–Crippen MR) is 110 cm³/mol. The zero-order valence-corrected chi connectivity index (χ0v) is 19.0. The third-order valence-electron chi connectivity index (χ3n) is 5.84. The van der Waals surface area contributed by atoms with E-state index >= 15 is 0 Å². The monoisotopic (exact) mass is 410 g/mol. The fourth-order valence-corrected chi connectivity index (χ4v) is 4.31. The lowest BCUT2D eigenvalue weighted by Crippen LogP contribution is -2.53. The van der Waals surface area contributed by atoms with Crippen molar-refractivity contribution < 1.29 is 24.2 Å². The first kappa shape index (κ1) is 23.5. The van der Waals surface area contributed by atoms with E-state index in [-0.39, 0.29) is 31.0 Å². The van der Waals surface area contributed by atoms with Gasteiger partial charge in [0.15, 0.2) is 0 Å². The molecule has 1 unspecified atom stereocenters. The van der Waals surface area contributed by atoms with Gasteiger partial charge in [-0.25, -0.2) is 9.59 Å². The van der Waals surface area contributed by atoms with Gasteiger partial charge in [-0.05, 0) is 52.4 Å².